The van der Waals surface area contributed by atoms with E-state index >= 15 is 0 Å². The van der Waals surface area contributed by atoms with Crippen molar-refractivity contribution >= 4 is 11.3 Å². The van der Waals surface area contributed by atoms with Gasteiger partial charge in [-0.3, -0.25) is 5.10 Å². The van der Waals surface area contributed by atoms with E-state index in [-0.39, 0.29) is 0 Å². The van der Waals surface area contributed by atoms with Gasteiger partial charge in [-0.25, -0.2) is 0 Å². The van der Waals surface area contributed by atoms with Gasteiger partial charge < -0.3 is 14.8 Å². The first-order chi connectivity index (χ1) is 11.9. The molecule has 0 aliphatic rings. The third kappa shape index (κ3) is 4.44. The van der Waals surface area contributed by atoms with E-state index in [2.05, 4.69) is 39.1 Å². The fourth-order valence-electron chi connectivity index (χ4n) is 2.41. The van der Waals surface area contributed by atoms with Gasteiger partial charge in [0.05, 0.1) is 23.4 Å². The van der Waals surface area contributed by atoms with E-state index in [0.717, 1.165) is 24.5 Å². The lowest BCUT2D eigenvalue weighted by molar-refractivity contribution is 0.146. The zero-order valence-corrected chi connectivity index (χ0v) is 14.4. The Hall–Kier alpha value is -2.15. The van der Waals surface area contributed by atoms with Crippen molar-refractivity contribution in [3.63, 3.8) is 0 Å². The molecule has 0 radical (unpaired) electrons. The molecule has 2 N–H and O–H groups in total. The van der Waals surface area contributed by atoms with Crippen LogP contribution in [0.1, 0.15) is 11.1 Å². The van der Waals surface area contributed by atoms with Crippen molar-refractivity contribution < 1.29 is 9.47 Å². The van der Waals surface area contributed by atoms with E-state index < -0.39 is 0 Å². The van der Waals surface area contributed by atoms with Gasteiger partial charge in [-0.1, -0.05) is 18.2 Å². The van der Waals surface area contributed by atoms with E-state index in [4.69, 9.17) is 9.47 Å². The summed E-state index contributed by atoms with van der Waals surface area (Å²) < 4.78 is 10.6. The van der Waals surface area contributed by atoms with Gasteiger partial charge in [0.1, 0.15) is 12.4 Å². The Kier molecular flexibility index (Phi) is 6.01. The molecule has 5 nitrogen and oxygen atoms in total. The van der Waals surface area contributed by atoms with Crippen molar-refractivity contribution in [2.75, 3.05) is 20.3 Å². The van der Waals surface area contributed by atoms with E-state index in [1.807, 2.05) is 24.4 Å². The third-order valence-electron chi connectivity index (χ3n) is 3.58. The van der Waals surface area contributed by atoms with Crippen molar-refractivity contribution in [3.05, 3.63) is 59.1 Å². The molecule has 0 spiro atoms. The molecule has 6 heteroatoms. The van der Waals surface area contributed by atoms with Crippen LogP contribution in [0.2, 0.25) is 0 Å². The van der Waals surface area contributed by atoms with E-state index in [0.29, 0.717) is 13.2 Å². The van der Waals surface area contributed by atoms with Crippen LogP contribution in [0.4, 0.5) is 0 Å². The molecule has 0 amide bonds. The van der Waals surface area contributed by atoms with Crippen LogP contribution in [0.15, 0.2) is 48.0 Å². The first-order valence-corrected chi connectivity index (χ1v) is 8.72. The summed E-state index contributed by atoms with van der Waals surface area (Å²) in [5.41, 5.74) is 3.45. The number of rotatable bonds is 9. The Labute approximate surface area is 145 Å². The number of aromatic nitrogens is 2. The highest BCUT2D eigenvalue weighted by molar-refractivity contribution is 7.13. The number of thiophene rings is 1. The average molecular weight is 343 g/mol. The van der Waals surface area contributed by atoms with Gasteiger partial charge in [-0.15, -0.1) is 11.3 Å². The number of aromatic amines is 1. The molecule has 0 fully saturated rings. The Morgan fingerprint density at radius 2 is 2.12 bits per heavy atom. The van der Waals surface area contributed by atoms with Gasteiger partial charge in [0.2, 0.25) is 0 Å². The molecule has 3 rings (SSSR count). The van der Waals surface area contributed by atoms with Crippen LogP contribution in [0, 0.1) is 0 Å². The summed E-state index contributed by atoms with van der Waals surface area (Å²) in [6.45, 7) is 2.69. The maximum atomic E-state index is 5.64. The zero-order chi connectivity index (χ0) is 16.6. The van der Waals surface area contributed by atoms with Gasteiger partial charge in [0.25, 0.3) is 0 Å². The second-order valence-electron chi connectivity index (χ2n) is 5.34. The molecule has 0 aliphatic heterocycles. The molecular weight excluding hydrogens is 322 g/mol. The number of ether oxygens (including phenoxy) is 2. The van der Waals surface area contributed by atoms with E-state index in [1.54, 1.807) is 18.4 Å². The Morgan fingerprint density at radius 1 is 1.17 bits per heavy atom. The number of H-pyrrole nitrogens is 1. The van der Waals surface area contributed by atoms with Crippen LogP contribution in [0.3, 0.4) is 0 Å². The van der Waals surface area contributed by atoms with E-state index in [1.165, 1.54) is 16.0 Å². The number of nitrogens with zero attached hydrogens (tertiary/aromatic N) is 1. The van der Waals surface area contributed by atoms with Crippen LogP contribution in [-0.2, 0) is 17.8 Å². The Balaban J connectivity index is 1.54. The normalized spacial score (nSPS) is 10.9. The van der Waals surface area contributed by atoms with Gasteiger partial charge >= 0.3 is 0 Å². The van der Waals surface area contributed by atoms with Crippen LogP contribution in [-0.4, -0.2) is 30.5 Å². The van der Waals surface area contributed by atoms with Crippen LogP contribution in [0.25, 0.3) is 10.6 Å². The van der Waals surface area contributed by atoms with Crippen molar-refractivity contribution in [2.45, 2.75) is 13.1 Å². The van der Waals surface area contributed by atoms with Crippen molar-refractivity contribution in [1.29, 1.82) is 0 Å². The molecule has 0 aliphatic carbocycles. The first kappa shape index (κ1) is 16.7. The standard InChI is InChI=1S/C18H21N3O2S/c1-22-7-8-23-16-5-2-4-14(10-16)11-19-12-15-13-20-21-18(15)17-6-3-9-24-17/h2-6,9-10,13,19H,7-8,11-12H2,1H3,(H,20,21). The molecule has 0 bridgehead atoms. The molecule has 0 saturated heterocycles. The summed E-state index contributed by atoms with van der Waals surface area (Å²) >= 11 is 1.71. The van der Waals surface area contributed by atoms with Crippen molar-refractivity contribution in [3.8, 4) is 16.3 Å². The monoisotopic (exact) mass is 343 g/mol. The second-order valence-corrected chi connectivity index (χ2v) is 6.29. The molecule has 0 atom stereocenters. The first-order valence-electron chi connectivity index (χ1n) is 7.84. The summed E-state index contributed by atoms with van der Waals surface area (Å²) in [6.07, 6.45) is 1.88. The fourth-order valence-corrected chi connectivity index (χ4v) is 3.16. The van der Waals surface area contributed by atoms with Gasteiger partial charge in [0.15, 0.2) is 0 Å². The number of methoxy groups -OCH3 is 1. The fraction of sp³-hybridized carbons (Fsp3) is 0.278. The third-order valence-corrected chi connectivity index (χ3v) is 4.47. The molecule has 1 aromatic carbocycles. The number of nitrogens with one attached hydrogen (secondary N) is 2. The Bertz CT molecular complexity index is 740. The van der Waals surface area contributed by atoms with Gasteiger partial charge in [0, 0.05) is 25.8 Å². The van der Waals surface area contributed by atoms with Gasteiger partial charge in [-0.2, -0.15) is 5.10 Å². The summed E-state index contributed by atoms with van der Waals surface area (Å²) in [6, 6.07) is 12.3. The molecular formula is C18H21N3O2S. The minimum Gasteiger partial charge on any atom is -0.491 e. The highest BCUT2D eigenvalue weighted by atomic mass is 32.1. The topological polar surface area (TPSA) is 59.2 Å². The lowest BCUT2D eigenvalue weighted by atomic mass is 10.2. The predicted octanol–water partition coefficient (Wildman–Crippen LogP) is 3.45. The maximum Gasteiger partial charge on any atom is 0.119 e. The summed E-state index contributed by atoms with van der Waals surface area (Å²) in [4.78, 5) is 1.21. The predicted molar refractivity (Wildman–Crippen MR) is 96.3 cm³/mol. The van der Waals surface area contributed by atoms with Crippen molar-refractivity contribution in [1.82, 2.24) is 15.5 Å². The van der Waals surface area contributed by atoms with Crippen LogP contribution in [0.5, 0.6) is 5.75 Å². The quantitative estimate of drug-likeness (QED) is 0.584. The lowest BCUT2D eigenvalue weighted by Crippen LogP contribution is -2.13. The second kappa shape index (κ2) is 8.63. The highest BCUT2D eigenvalue weighted by Crippen LogP contribution is 2.25. The van der Waals surface area contributed by atoms with Gasteiger partial charge in [-0.05, 0) is 29.1 Å². The van der Waals surface area contributed by atoms with Crippen molar-refractivity contribution in [2.24, 2.45) is 0 Å². The number of hydrogen-bond acceptors (Lipinski definition) is 5. The highest BCUT2D eigenvalue weighted by Gasteiger charge is 2.08. The van der Waals surface area contributed by atoms with Crippen LogP contribution >= 0.6 is 11.3 Å². The Morgan fingerprint density at radius 3 is 2.96 bits per heavy atom. The van der Waals surface area contributed by atoms with Crippen LogP contribution < -0.4 is 10.1 Å². The minimum absolute atomic E-state index is 0.562. The SMILES string of the molecule is COCCOc1cccc(CNCc2cn[nH]c2-c2cccs2)c1. The summed E-state index contributed by atoms with van der Waals surface area (Å²) in [7, 11) is 1.67. The molecule has 3 aromatic rings. The molecule has 0 unspecified atom stereocenters. The summed E-state index contributed by atoms with van der Waals surface area (Å²) in [5.74, 6) is 0.869. The average Bonchev–Trinajstić information content (AvgIpc) is 3.26. The lowest BCUT2D eigenvalue weighted by Gasteiger charge is -2.09. The number of benzene rings is 1. The smallest absolute Gasteiger partial charge is 0.119 e. The molecule has 2 aromatic heterocycles. The molecule has 0 saturated carbocycles. The minimum atomic E-state index is 0.562. The zero-order valence-electron chi connectivity index (χ0n) is 13.6. The van der Waals surface area contributed by atoms with E-state index in [9.17, 15) is 0 Å². The number of hydrogen-bond donors (Lipinski definition) is 2. The maximum absolute atomic E-state index is 5.64. The molecule has 24 heavy (non-hydrogen) atoms. The molecule has 126 valence electrons. The summed E-state index contributed by atoms with van der Waals surface area (Å²) in [5, 5.41) is 12.8. The molecule has 2 heterocycles. The largest absolute Gasteiger partial charge is 0.491 e.